The Morgan fingerprint density at radius 3 is 2.68 bits per heavy atom. The Labute approximate surface area is 137 Å². The maximum Gasteiger partial charge on any atom is 0.341 e. The van der Waals surface area contributed by atoms with Crippen molar-refractivity contribution in [1.82, 2.24) is 4.90 Å². The van der Waals surface area contributed by atoms with E-state index in [0.717, 1.165) is 25.1 Å². The Morgan fingerprint density at radius 2 is 2.14 bits per heavy atom. The molecule has 2 heterocycles. The van der Waals surface area contributed by atoms with Crippen LogP contribution in [0.1, 0.15) is 27.2 Å². The van der Waals surface area contributed by atoms with Crippen molar-refractivity contribution in [2.45, 2.75) is 51.0 Å². The van der Waals surface area contributed by atoms with E-state index in [1.807, 2.05) is 6.08 Å². The lowest BCUT2D eigenvalue weighted by Gasteiger charge is -2.32. The summed E-state index contributed by atoms with van der Waals surface area (Å²) < 4.78 is 5.22. The smallest absolute Gasteiger partial charge is 0.341 e. The summed E-state index contributed by atoms with van der Waals surface area (Å²) in [5, 5.41) is 30.0. The zero-order valence-corrected chi connectivity index (χ0v) is 14.0. The molecule has 128 valence electrons. The number of hydrogen-bond donors (Lipinski definition) is 3. The molecule has 2 aliphatic rings. The lowest BCUT2D eigenvalue weighted by Crippen LogP contribution is -2.53. The lowest BCUT2D eigenvalue weighted by molar-refractivity contribution is -0.183. The average Bonchev–Trinajstić information content (AvgIpc) is 2.98. The second-order valence-corrected chi connectivity index (χ2v) is 6.31. The van der Waals surface area contributed by atoms with E-state index in [1.165, 1.54) is 6.92 Å². The van der Waals surface area contributed by atoms with Crippen LogP contribution in [0, 0.1) is 5.92 Å². The van der Waals surface area contributed by atoms with Crippen LogP contribution in [0.3, 0.4) is 0 Å². The highest BCUT2D eigenvalue weighted by atomic mass is 35.5. The summed E-state index contributed by atoms with van der Waals surface area (Å²) >= 11 is 0. The number of esters is 1. The topological polar surface area (TPSA) is 90.2 Å². The molecule has 0 amide bonds. The first-order valence-electron chi connectivity index (χ1n) is 7.47. The van der Waals surface area contributed by atoms with Crippen molar-refractivity contribution in [2.75, 3.05) is 19.7 Å². The molecular weight excluding hydrogens is 310 g/mol. The summed E-state index contributed by atoms with van der Waals surface area (Å²) in [5.74, 6) is -1.28. The third-order valence-corrected chi connectivity index (χ3v) is 4.65. The minimum Gasteiger partial charge on any atom is -0.459 e. The maximum absolute atomic E-state index is 12.1. The van der Waals surface area contributed by atoms with E-state index >= 15 is 0 Å². The molecule has 22 heavy (non-hydrogen) atoms. The van der Waals surface area contributed by atoms with Gasteiger partial charge in [-0.2, -0.15) is 0 Å². The predicted octanol–water partition coefficient (Wildman–Crippen LogP) is 0.0945. The van der Waals surface area contributed by atoms with Gasteiger partial charge in [-0.25, -0.2) is 4.79 Å². The number of nitrogens with zero attached hydrogens (tertiary/aromatic N) is 1. The number of carbonyl (C=O) groups excluding carboxylic acids is 1. The minimum atomic E-state index is -1.91. The lowest BCUT2D eigenvalue weighted by atomic mass is 9.85. The summed E-state index contributed by atoms with van der Waals surface area (Å²) in [6, 6.07) is -0.0866. The Balaban J connectivity index is 0.00000242. The highest BCUT2D eigenvalue weighted by molar-refractivity contribution is 5.85. The molecule has 1 saturated heterocycles. The molecule has 0 radical (unpaired) electrons. The molecule has 0 spiro atoms. The van der Waals surface area contributed by atoms with Crippen molar-refractivity contribution in [2.24, 2.45) is 5.92 Å². The van der Waals surface area contributed by atoms with E-state index in [1.54, 1.807) is 13.8 Å². The number of hydrogen-bond acceptors (Lipinski definition) is 6. The van der Waals surface area contributed by atoms with Crippen molar-refractivity contribution < 1.29 is 24.9 Å². The van der Waals surface area contributed by atoms with Gasteiger partial charge in [0.15, 0.2) is 5.60 Å². The van der Waals surface area contributed by atoms with Crippen LogP contribution in [-0.4, -0.2) is 69.7 Å². The highest BCUT2D eigenvalue weighted by Gasteiger charge is 2.46. The Hall–Kier alpha value is -0.660. The summed E-state index contributed by atoms with van der Waals surface area (Å²) in [6.07, 6.45) is 1.03. The number of carbonyl (C=O) groups is 1. The molecule has 6 nitrogen and oxygen atoms in total. The second kappa shape index (κ2) is 7.27. The Kier molecular flexibility index (Phi) is 6.41. The zero-order chi connectivity index (χ0) is 15.8. The number of aliphatic hydroxyl groups is 3. The standard InChI is InChI=1S/C15H25NO5.ClH/c1-9(2)15(20,10(3)17)14(19)21-8-11-4-6-16-7-5-12(18)13(11)16;/h4,9-10,12-13,17-18,20H,5-8H2,1-3H3;1H/t10?,12-,13?,15?;/m0./s1. The third-order valence-electron chi connectivity index (χ3n) is 4.65. The van der Waals surface area contributed by atoms with Gasteiger partial charge >= 0.3 is 5.97 Å². The molecule has 0 aromatic heterocycles. The van der Waals surface area contributed by atoms with Crippen molar-refractivity contribution >= 4 is 18.4 Å². The van der Waals surface area contributed by atoms with E-state index in [-0.39, 0.29) is 25.1 Å². The van der Waals surface area contributed by atoms with E-state index in [4.69, 9.17) is 4.74 Å². The van der Waals surface area contributed by atoms with Crippen LogP contribution < -0.4 is 0 Å². The van der Waals surface area contributed by atoms with E-state index in [2.05, 4.69) is 4.90 Å². The fourth-order valence-corrected chi connectivity index (χ4v) is 3.18. The van der Waals surface area contributed by atoms with Crippen molar-refractivity contribution in [3.63, 3.8) is 0 Å². The summed E-state index contributed by atoms with van der Waals surface area (Å²) in [5.41, 5.74) is -1.04. The first-order chi connectivity index (χ1) is 9.78. The molecule has 1 fully saturated rings. The zero-order valence-electron chi connectivity index (χ0n) is 13.2. The summed E-state index contributed by atoms with van der Waals surface area (Å²) in [6.45, 7) is 6.32. The van der Waals surface area contributed by atoms with Crippen LogP contribution >= 0.6 is 12.4 Å². The van der Waals surface area contributed by atoms with Gasteiger partial charge in [-0.05, 0) is 24.8 Å². The summed E-state index contributed by atoms with van der Waals surface area (Å²) in [7, 11) is 0. The largest absolute Gasteiger partial charge is 0.459 e. The number of halogens is 1. The van der Waals surface area contributed by atoms with Crippen LogP contribution in [0.5, 0.6) is 0 Å². The SMILES string of the molecule is CC(C)C(O)(C(=O)OCC1=CCN2CC[C@H](O)C12)C(C)O.Cl. The monoisotopic (exact) mass is 335 g/mol. The minimum absolute atomic E-state index is 0. The van der Waals surface area contributed by atoms with Crippen LogP contribution in [-0.2, 0) is 9.53 Å². The molecule has 3 N–H and O–H groups in total. The van der Waals surface area contributed by atoms with E-state index in [9.17, 15) is 20.1 Å². The molecule has 3 unspecified atom stereocenters. The molecule has 7 heteroatoms. The van der Waals surface area contributed by atoms with Crippen molar-refractivity contribution in [3.05, 3.63) is 11.6 Å². The molecule has 2 aliphatic heterocycles. The van der Waals surface area contributed by atoms with Gasteiger partial charge in [0.1, 0.15) is 6.61 Å². The fourth-order valence-electron chi connectivity index (χ4n) is 3.18. The van der Waals surface area contributed by atoms with Gasteiger partial charge in [-0.1, -0.05) is 19.9 Å². The van der Waals surface area contributed by atoms with Crippen LogP contribution in [0.15, 0.2) is 11.6 Å². The summed E-state index contributed by atoms with van der Waals surface area (Å²) in [4.78, 5) is 14.3. The third kappa shape index (κ3) is 3.31. The van der Waals surface area contributed by atoms with Crippen molar-refractivity contribution in [3.8, 4) is 0 Å². The van der Waals surface area contributed by atoms with Gasteiger partial charge in [0.25, 0.3) is 0 Å². The highest BCUT2D eigenvalue weighted by Crippen LogP contribution is 2.30. The van der Waals surface area contributed by atoms with E-state index < -0.39 is 29.7 Å². The Morgan fingerprint density at radius 1 is 1.50 bits per heavy atom. The molecule has 0 saturated carbocycles. The van der Waals surface area contributed by atoms with Gasteiger partial charge < -0.3 is 20.1 Å². The van der Waals surface area contributed by atoms with Crippen LogP contribution in [0.25, 0.3) is 0 Å². The van der Waals surface area contributed by atoms with Gasteiger partial charge in [-0.15, -0.1) is 12.4 Å². The maximum atomic E-state index is 12.1. The second-order valence-electron chi connectivity index (χ2n) is 6.31. The van der Waals surface area contributed by atoms with Gasteiger partial charge in [0, 0.05) is 13.1 Å². The normalized spacial score (nSPS) is 28.6. The first kappa shape index (κ1) is 19.4. The van der Waals surface area contributed by atoms with Crippen LogP contribution in [0.4, 0.5) is 0 Å². The molecule has 0 bridgehead atoms. The first-order valence-corrected chi connectivity index (χ1v) is 7.47. The van der Waals surface area contributed by atoms with Crippen LogP contribution in [0.2, 0.25) is 0 Å². The predicted molar refractivity (Wildman–Crippen MR) is 83.7 cm³/mol. The molecule has 2 rings (SSSR count). The van der Waals surface area contributed by atoms with Gasteiger partial charge in [0.2, 0.25) is 0 Å². The van der Waals surface area contributed by atoms with Crippen molar-refractivity contribution in [1.29, 1.82) is 0 Å². The van der Waals surface area contributed by atoms with Gasteiger partial charge in [0.05, 0.1) is 18.2 Å². The quantitative estimate of drug-likeness (QED) is 0.487. The fraction of sp³-hybridized carbons (Fsp3) is 0.800. The number of ether oxygens (including phenoxy) is 1. The number of aliphatic hydroxyl groups excluding tert-OH is 2. The molecule has 0 aliphatic carbocycles. The average molecular weight is 336 g/mol. The molecule has 4 atom stereocenters. The molecule has 0 aromatic carbocycles. The molecular formula is C15H26ClNO5. The Bertz CT molecular complexity index is 430. The van der Waals surface area contributed by atoms with Gasteiger partial charge in [-0.3, -0.25) is 4.90 Å². The molecule has 0 aromatic rings. The number of fused-ring (bicyclic) bond motifs is 1. The number of rotatable bonds is 5. The van der Waals surface area contributed by atoms with E-state index in [0.29, 0.717) is 0 Å².